The van der Waals surface area contributed by atoms with Gasteiger partial charge in [-0.05, 0) is 25.0 Å². The van der Waals surface area contributed by atoms with Gasteiger partial charge in [-0.2, -0.15) is 0 Å². The van der Waals surface area contributed by atoms with E-state index in [2.05, 4.69) is 5.32 Å². The molecule has 14 heavy (non-hydrogen) atoms. The summed E-state index contributed by atoms with van der Waals surface area (Å²) >= 11 is 0. The van der Waals surface area contributed by atoms with Gasteiger partial charge in [0, 0.05) is 25.3 Å². The fourth-order valence-corrected chi connectivity index (χ4v) is 1.47. The minimum absolute atomic E-state index is 0.00898. The van der Waals surface area contributed by atoms with Crippen LogP contribution < -0.4 is 11.1 Å². The van der Waals surface area contributed by atoms with Crippen molar-refractivity contribution < 1.29 is 4.79 Å². The highest BCUT2D eigenvalue weighted by Crippen LogP contribution is 2.19. The van der Waals surface area contributed by atoms with E-state index >= 15 is 0 Å². The first kappa shape index (κ1) is 9.27. The highest BCUT2D eigenvalue weighted by Gasteiger charge is 2.24. The van der Waals surface area contributed by atoms with Gasteiger partial charge >= 0.3 is 0 Å². The van der Waals surface area contributed by atoms with Gasteiger partial charge in [-0.3, -0.25) is 4.79 Å². The van der Waals surface area contributed by atoms with Crippen molar-refractivity contribution in [3.05, 3.63) is 23.5 Å². The van der Waals surface area contributed by atoms with Crippen LogP contribution in [0.1, 0.15) is 29.0 Å². The van der Waals surface area contributed by atoms with Crippen molar-refractivity contribution in [2.75, 3.05) is 0 Å². The van der Waals surface area contributed by atoms with Gasteiger partial charge in [0.2, 0.25) is 0 Å². The highest BCUT2D eigenvalue weighted by atomic mass is 16.2. The normalized spacial score (nSPS) is 15.6. The van der Waals surface area contributed by atoms with Crippen LogP contribution in [0.4, 0.5) is 0 Å². The van der Waals surface area contributed by atoms with Crippen LogP contribution in [0.15, 0.2) is 12.1 Å². The molecule has 1 aliphatic carbocycles. The zero-order chi connectivity index (χ0) is 10.1. The minimum atomic E-state index is 0.00898. The maximum atomic E-state index is 11.7. The summed E-state index contributed by atoms with van der Waals surface area (Å²) in [4.78, 5) is 11.7. The fourth-order valence-electron chi connectivity index (χ4n) is 1.47. The Balaban J connectivity index is 2.13. The minimum Gasteiger partial charge on any atom is -0.348 e. The Hall–Kier alpha value is -1.29. The van der Waals surface area contributed by atoms with Gasteiger partial charge < -0.3 is 15.6 Å². The maximum Gasteiger partial charge on any atom is 0.268 e. The van der Waals surface area contributed by atoms with E-state index in [1.54, 1.807) is 0 Å². The van der Waals surface area contributed by atoms with Crippen LogP contribution in [0.5, 0.6) is 0 Å². The lowest BCUT2D eigenvalue weighted by Gasteiger charge is -2.06. The molecule has 1 aromatic rings. The number of nitrogens with two attached hydrogens (primary N) is 1. The van der Waals surface area contributed by atoms with Crippen LogP contribution >= 0.6 is 0 Å². The average molecular weight is 193 g/mol. The van der Waals surface area contributed by atoms with Crippen LogP contribution in [0.3, 0.4) is 0 Å². The first-order chi connectivity index (χ1) is 6.72. The number of hydrogen-bond acceptors (Lipinski definition) is 2. The molecule has 1 fully saturated rings. The second-order valence-corrected chi connectivity index (χ2v) is 3.72. The van der Waals surface area contributed by atoms with Crippen LogP contribution in [-0.4, -0.2) is 16.5 Å². The van der Waals surface area contributed by atoms with E-state index in [0.717, 1.165) is 18.5 Å². The third kappa shape index (κ3) is 1.65. The molecule has 0 atom stereocenters. The molecule has 1 aromatic heterocycles. The van der Waals surface area contributed by atoms with Gasteiger partial charge in [0.05, 0.1) is 0 Å². The second-order valence-electron chi connectivity index (χ2n) is 3.72. The van der Waals surface area contributed by atoms with Crippen LogP contribution in [0, 0.1) is 0 Å². The van der Waals surface area contributed by atoms with E-state index in [9.17, 15) is 4.79 Å². The van der Waals surface area contributed by atoms with Crippen molar-refractivity contribution in [2.24, 2.45) is 12.8 Å². The van der Waals surface area contributed by atoms with E-state index in [0.29, 0.717) is 18.3 Å². The monoisotopic (exact) mass is 193 g/mol. The van der Waals surface area contributed by atoms with Crippen molar-refractivity contribution in [1.29, 1.82) is 0 Å². The molecular weight excluding hydrogens is 178 g/mol. The number of nitrogens with one attached hydrogen (secondary N) is 1. The number of carbonyl (C=O) groups excluding carboxylic acids is 1. The number of carbonyl (C=O) groups is 1. The molecule has 0 radical (unpaired) electrons. The standard InChI is InChI=1S/C10H15N3O/c1-13-8(6-11)4-5-9(13)10(14)12-7-2-3-7/h4-5,7H,2-3,6,11H2,1H3,(H,12,14). The largest absolute Gasteiger partial charge is 0.348 e. The van der Waals surface area contributed by atoms with Gasteiger partial charge in [0.25, 0.3) is 5.91 Å². The summed E-state index contributed by atoms with van der Waals surface area (Å²) in [5.41, 5.74) is 7.19. The van der Waals surface area contributed by atoms with Gasteiger partial charge in [0.15, 0.2) is 0 Å². The molecule has 1 heterocycles. The van der Waals surface area contributed by atoms with Crippen molar-refractivity contribution in [3.63, 3.8) is 0 Å². The van der Waals surface area contributed by atoms with Crippen molar-refractivity contribution in [1.82, 2.24) is 9.88 Å². The maximum absolute atomic E-state index is 11.7. The number of aromatic nitrogens is 1. The van der Waals surface area contributed by atoms with E-state index in [1.165, 1.54) is 0 Å². The Labute approximate surface area is 83.1 Å². The molecule has 0 saturated heterocycles. The van der Waals surface area contributed by atoms with Crippen molar-refractivity contribution in [2.45, 2.75) is 25.4 Å². The number of amides is 1. The lowest BCUT2D eigenvalue weighted by atomic mass is 10.4. The molecule has 1 saturated carbocycles. The van der Waals surface area contributed by atoms with Gasteiger partial charge in [-0.1, -0.05) is 0 Å². The number of nitrogens with zero attached hydrogens (tertiary/aromatic N) is 1. The van der Waals surface area contributed by atoms with Crippen molar-refractivity contribution in [3.8, 4) is 0 Å². The first-order valence-corrected chi connectivity index (χ1v) is 4.88. The van der Waals surface area contributed by atoms with E-state index in [4.69, 9.17) is 5.73 Å². The zero-order valence-electron chi connectivity index (χ0n) is 8.29. The van der Waals surface area contributed by atoms with E-state index < -0.39 is 0 Å². The average Bonchev–Trinajstić information content (AvgIpc) is 2.88. The summed E-state index contributed by atoms with van der Waals surface area (Å²) < 4.78 is 1.84. The Morgan fingerprint density at radius 1 is 1.64 bits per heavy atom. The lowest BCUT2D eigenvalue weighted by Crippen LogP contribution is -2.27. The highest BCUT2D eigenvalue weighted by molar-refractivity contribution is 5.93. The van der Waals surface area contributed by atoms with Crippen molar-refractivity contribution >= 4 is 5.91 Å². The van der Waals surface area contributed by atoms with E-state index in [1.807, 2.05) is 23.7 Å². The second kappa shape index (κ2) is 3.46. The molecule has 4 heteroatoms. The fraction of sp³-hybridized carbons (Fsp3) is 0.500. The molecule has 2 rings (SSSR count). The van der Waals surface area contributed by atoms with Gasteiger partial charge in [0.1, 0.15) is 5.69 Å². The number of rotatable bonds is 3. The summed E-state index contributed by atoms with van der Waals surface area (Å²) in [7, 11) is 1.87. The smallest absolute Gasteiger partial charge is 0.268 e. The topological polar surface area (TPSA) is 60.0 Å². The zero-order valence-corrected chi connectivity index (χ0v) is 8.29. The predicted octanol–water partition coefficient (Wildman–Crippen LogP) is 0.376. The molecule has 0 aromatic carbocycles. The van der Waals surface area contributed by atoms with E-state index in [-0.39, 0.29) is 5.91 Å². The molecule has 76 valence electrons. The molecule has 1 aliphatic rings. The first-order valence-electron chi connectivity index (χ1n) is 4.88. The SMILES string of the molecule is Cn1c(CN)ccc1C(=O)NC1CC1. The van der Waals surface area contributed by atoms with Crippen LogP contribution in [-0.2, 0) is 13.6 Å². The summed E-state index contributed by atoms with van der Waals surface area (Å²) in [6.45, 7) is 0.465. The molecule has 1 amide bonds. The summed E-state index contributed by atoms with van der Waals surface area (Å²) in [6, 6.07) is 4.11. The Morgan fingerprint density at radius 2 is 2.36 bits per heavy atom. The molecule has 0 aliphatic heterocycles. The Kier molecular flexibility index (Phi) is 2.29. The third-order valence-corrected chi connectivity index (χ3v) is 2.58. The number of hydrogen-bond donors (Lipinski definition) is 2. The molecule has 0 unspecified atom stereocenters. The summed E-state index contributed by atoms with van der Waals surface area (Å²) in [6.07, 6.45) is 2.22. The third-order valence-electron chi connectivity index (χ3n) is 2.58. The van der Waals surface area contributed by atoms with Crippen LogP contribution in [0.25, 0.3) is 0 Å². The van der Waals surface area contributed by atoms with Gasteiger partial charge in [-0.15, -0.1) is 0 Å². The molecule has 4 nitrogen and oxygen atoms in total. The Morgan fingerprint density at radius 3 is 2.86 bits per heavy atom. The molecule has 3 N–H and O–H groups in total. The summed E-state index contributed by atoms with van der Waals surface area (Å²) in [5.74, 6) is 0.00898. The van der Waals surface area contributed by atoms with Gasteiger partial charge in [-0.25, -0.2) is 0 Å². The predicted molar refractivity (Wildman–Crippen MR) is 53.8 cm³/mol. The van der Waals surface area contributed by atoms with Crippen LogP contribution in [0.2, 0.25) is 0 Å². The Bertz CT molecular complexity index is 352. The molecular formula is C10H15N3O. The summed E-state index contributed by atoms with van der Waals surface area (Å²) in [5, 5.41) is 2.95. The quantitative estimate of drug-likeness (QED) is 0.729. The molecule has 0 spiro atoms. The molecule has 0 bridgehead atoms. The lowest BCUT2D eigenvalue weighted by molar-refractivity contribution is 0.0942.